The van der Waals surface area contributed by atoms with E-state index in [0.717, 1.165) is 44.5 Å². The number of aromatic nitrogens is 1. The van der Waals surface area contributed by atoms with E-state index in [1.807, 2.05) is 97.2 Å². The largest absolute Gasteiger partial charge is 0.496 e. The van der Waals surface area contributed by atoms with Crippen LogP contribution < -0.4 is 15.4 Å². The Bertz CT molecular complexity index is 1690. The highest BCUT2D eigenvalue weighted by Gasteiger charge is 2.40. The van der Waals surface area contributed by atoms with Gasteiger partial charge in [0.25, 0.3) is 0 Å². The summed E-state index contributed by atoms with van der Waals surface area (Å²) in [6.07, 6.45) is 2.50. The number of fused-ring (bicyclic) bond motifs is 1. The van der Waals surface area contributed by atoms with Gasteiger partial charge in [-0.1, -0.05) is 127 Å². The fourth-order valence-electron chi connectivity index (χ4n) is 5.96. The van der Waals surface area contributed by atoms with E-state index in [0.29, 0.717) is 13.0 Å². The van der Waals surface area contributed by atoms with Crippen LogP contribution in [0.1, 0.15) is 27.8 Å². The maximum atomic E-state index is 14.3. The zero-order valence-corrected chi connectivity index (χ0v) is 24.2. The van der Waals surface area contributed by atoms with Crippen LogP contribution in [0.15, 0.2) is 146 Å². The van der Waals surface area contributed by atoms with E-state index in [1.54, 1.807) is 7.11 Å². The van der Waals surface area contributed by atoms with Crippen molar-refractivity contribution in [2.45, 2.75) is 24.5 Å². The van der Waals surface area contributed by atoms with Crippen LogP contribution >= 0.6 is 0 Å². The molecule has 1 atom stereocenters. The molecule has 6 aromatic rings. The Morgan fingerprint density at radius 1 is 0.698 bits per heavy atom. The average molecular weight is 566 g/mol. The second kappa shape index (κ2) is 12.8. The van der Waals surface area contributed by atoms with E-state index in [4.69, 9.17) is 4.74 Å². The standard InChI is InChI=1S/C38H35N3O2/c1-43-36-24-14-11-15-28(36)26-40-37(42)35(25-29-27-39-34-23-13-12-22-33(29)34)41-38(30-16-5-2-6-17-30,31-18-7-3-8-19-31)32-20-9-4-10-21-32/h2-24,27,35,39,41H,25-26H2,1H3,(H,40,42)/t35-/m1/s1. The summed E-state index contributed by atoms with van der Waals surface area (Å²) >= 11 is 0. The molecule has 0 fully saturated rings. The molecule has 5 heteroatoms. The van der Waals surface area contributed by atoms with Gasteiger partial charge in [0.1, 0.15) is 5.75 Å². The fraction of sp³-hybridized carbons (Fsp3) is 0.132. The van der Waals surface area contributed by atoms with E-state index >= 15 is 0 Å². The summed E-state index contributed by atoms with van der Waals surface area (Å²) in [5.74, 6) is 0.652. The lowest BCUT2D eigenvalue weighted by Crippen LogP contribution is -2.55. The van der Waals surface area contributed by atoms with Crippen LogP contribution in [-0.4, -0.2) is 24.0 Å². The Balaban J connectivity index is 1.46. The number of ether oxygens (including phenoxy) is 1. The molecule has 214 valence electrons. The first kappa shape index (κ1) is 28.0. The predicted octanol–water partition coefficient (Wildman–Crippen LogP) is 6.99. The highest BCUT2D eigenvalue weighted by atomic mass is 16.5. The van der Waals surface area contributed by atoms with Gasteiger partial charge in [-0.2, -0.15) is 0 Å². The third-order valence-electron chi connectivity index (χ3n) is 8.07. The number of nitrogens with one attached hydrogen (secondary N) is 3. The zero-order valence-electron chi connectivity index (χ0n) is 24.2. The molecule has 6 rings (SSSR count). The molecule has 0 bridgehead atoms. The van der Waals surface area contributed by atoms with Gasteiger partial charge >= 0.3 is 0 Å². The quantitative estimate of drug-likeness (QED) is 0.148. The Morgan fingerprint density at radius 2 is 1.23 bits per heavy atom. The van der Waals surface area contributed by atoms with E-state index in [2.05, 4.69) is 64.1 Å². The van der Waals surface area contributed by atoms with Crippen molar-refractivity contribution >= 4 is 16.8 Å². The topological polar surface area (TPSA) is 66.1 Å². The molecule has 0 radical (unpaired) electrons. The van der Waals surface area contributed by atoms with Gasteiger partial charge in [0.2, 0.25) is 5.91 Å². The van der Waals surface area contributed by atoms with Gasteiger partial charge in [-0.15, -0.1) is 0 Å². The van der Waals surface area contributed by atoms with Crippen LogP contribution in [0.5, 0.6) is 5.75 Å². The van der Waals surface area contributed by atoms with Gasteiger partial charge < -0.3 is 15.0 Å². The first-order valence-corrected chi connectivity index (χ1v) is 14.6. The normalized spacial score (nSPS) is 12.1. The van der Waals surface area contributed by atoms with E-state index in [9.17, 15) is 4.79 Å². The molecule has 0 saturated heterocycles. The molecule has 0 saturated carbocycles. The van der Waals surface area contributed by atoms with E-state index in [-0.39, 0.29) is 5.91 Å². The molecule has 0 unspecified atom stereocenters. The summed E-state index contributed by atoms with van der Waals surface area (Å²) < 4.78 is 5.55. The maximum absolute atomic E-state index is 14.3. The fourth-order valence-corrected chi connectivity index (χ4v) is 5.96. The number of hydrogen-bond acceptors (Lipinski definition) is 3. The second-order valence-corrected chi connectivity index (χ2v) is 10.6. The van der Waals surface area contributed by atoms with Crippen molar-refractivity contribution < 1.29 is 9.53 Å². The minimum absolute atomic E-state index is 0.0941. The number of aromatic amines is 1. The molecule has 1 heterocycles. The Hall–Kier alpha value is -5.13. The maximum Gasteiger partial charge on any atom is 0.237 e. The number of para-hydroxylation sites is 2. The number of rotatable bonds is 11. The van der Waals surface area contributed by atoms with Gasteiger partial charge in [-0.25, -0.2) is 0 Å². The van der Waals surface area contributed by atoms with Gasteiger partial charge in [-0.05, 0) is 40.8 Å². The predicted molar refractivity (Wildman–Crippen MR) is 173 cm³/mol. The number of carbonyl (C=O) groups excluding carboxylic acids is 1. The van der Waals surface area contributed by atoms with Crippen LogP contribution in [0.3, 0.4) is 0 Å². The van der Waals surface area contributed by atoms with Crippen molar-refractivity contribution in [1.82, 2.24) is 15.6 Å². The van der Waals surface area contributed by atoms with E-state index < -0.39 is 11.6 Å². The molecule has 0 spiro atoms. The van der Waals surface area contributed by atoms with Gasteiger partial charge in [0.15, 0.2) is 0 Å². The Labute approximate surface area is 252 Å². The molecule has 0 aliphatic rings. The third-order valence-corrected chi connectivity index (χ3v) is 8.07. The van der Waals surface area contributed by atoms with Crippen molar-refractivity contribution in [1.29, 1.82) is 0 Å². The highest BCUT2D eigenvalue weighted by molar-refractivity contribution is 5.86. The van der Waals surface area contributed by atoms with Crippen molar-refractivity contribution in [2.75, 3.05) is 7.11 Å². The smallest absolute Gasteiger partial charge is 0.237 e. The molecule has 5 aromatic carbocycles. The number of carbonyl (C=O) groups is 1. The number of methoxy groups -OCH3 is 1. The van der Waals surface area contributed by atoms with Crippen molar-refractivity contribution in [3.63, 3.8) is 0 Å². The summed E-state index contributed by atoms with van der Waals surface area (Å²) in [4.78, 5) is 17.7. The minimum Gasteiger partial charge on any atom is -0.496 e. The van der Waals surface area contributed by atoms with Crippen molar-refractivity contribution in [2.24, 2.45) is 0 Å². The number of amides is 1. The lowest BCUT2D eigenvalue weighted by Gasteiger charge is -2.40. The van der Waals surface area contributed by atoms with Crippen LogP contribution in [0.2, 0.25) is 0 Å². The molecule has 1 aromatic heterocycles. The monoisotopic (exact) mass is 565 g/mol. The summed E-state index contributed by atoms with van der Waals surface area (Å²) in [6, 6.07) is 46.5. The molecule has 0 aliphatic carbocycles. The number of benzene rings is 5. The van der Waals surface area contributed by atoms with Crippen LogP contribution in [0.25, 0.3) is 10.9 Å². The second-order valence-electron chi connectivity index (χ2n) is 10.6. The number of H-pyrrole nitrogens is 1. The molecular formula is C38H35N3O2. The first-order chi connectivity index (χ1) is 21.2. The lowest BCUT2D eigenvalue weighted by atomic mass is 9.76. The van der Waals surface area contributed by atoms with Crippen LogP contribution in [-0.2, 0) is 23.3 Å². The Morgan fingerprint density at radius 3 is 1.84 bits per heavy atom. The average Bonchev–Trinajstić information content (AvgIpc) is 3.49. The molecular weight excluding hydrogens is 530 g/mol. The molecule has 3 N–H and O–H groups in total. The molecule has 0 aliphatic heterocycles. The Kier molecular flexibility index (Phi) is 8.34. The van der Waals surface area contributed by atoms with Gasteiger partial charge in [0.05, 0.1) is 18.7 Å². The van der Waals surface area contributed by atoms with Crippen molar-refractivity contribution in [3.05, 3.63) is 174 Å². The molecule has 1 amide bonds. The van der Waals surface area contributed by atoms with E-state index in [1.165, 1.54) is 0 Å². The third kappa shape index (κ3) is 5.81. The van der Waals surface area contributed by atoms with Crippen LogP contribution in [0, 0.1) is 0 Å². The summed E-state index contributed by atoms with van der Waals surface area (Å²) in [5, 5.41) is 8.25. The molecule has 43 heavy (non-hydrogen) atoms. The summed E-state index contributed by atoms with van der Waals surface area (Å²) in [5.41, 5.74) is 5.39. The lowest BCUT2D eigenvalue weighted by molar-refractivity contribution is -0.123. The SMILES string of the molecule is COc1ccccc1CNC(=O)[C@@H](Cc1c[nH]c2ccccc12)NC(c1ccccc1)(c1ccccc1)c1ccccc1. The van der Waals surface area contributed by atoms with Gasteiger partial charge in [-0.3, -0.25) is 10.1 Å². The summed E-state index contributed by atoms with van der Waals surface area (Å²) in [7, 11) is 1.65. The number of hydrogen-bond donors (Lipinski definition) is 3. The zero-order chi connectivity index (χ0) is 29.5. The van der Waals surface area contributed by atoms with Crippen molar-refractivity contribution in [3.8, 4) is 5.75 Å². The van der Waals surface area contributed by atoms with Gasteiger partial charge in [0, 0.05) is 29.2 Å². The highest BCUT2D eigenvalue weighted by Crippen LogP contribution is 2.38. The van der Waals surface area contributed by atoms with Crippen LogP contribution in [0.4, 0.5) is 0 Å². The molecule has 5 nitrogen and oxygen atoms in total. The minimum atomic E-state index is -0.803. The summed E-state index contributed by atoms with van der Waals surface area (Å²) in [6.45, 7) is 0.351. The first-order valence-electron chi connectivity index (χ1n) is 14.6.